The lowest BCUT2D eigenvalue weighted by atomic mass is 10.0. The summed E-state index contributed by atoms with van der Waals surface area (Å²) < 4.78 is 2.03. The maximum atomic E-state index is 13.5. The van der Waals surface area contributed by atoms with E-state index in [1.807, 2.05) is 62.4 Å². The minimum Gasteiger partial charge on any atom is -0.279 e. The Balaban J connectivity index is 1.79. The summed E-state index contributed by atoms with van der Waals surface area (Å²) >= 11 is 5.02. The van der Waals surface area contributed by atoms with Gasteiger partial charge < -0.3 is 0 Å². The van der Waals surface area contributed by atoms with Crippen molar-refractivity contribution in [1.82, 2.24) is 9.97 Å². The molecule has 0 unspecified atom stereocenters. The van der Waals surface area contributed by atoms with Crippen molar-refractivity contribution in [2.75, 3.05) is 4.90 Å². The van der Waals surface area contributed by atoms with Crippen LogP contribution in [0.2, 0.25) is 0 Å². The van der Waals surface area contributed by atoms with Crippen molar-refractivity contribution in [3.8, 4) is 0 Å². The number of amides is 1. The lowest BCUT2D eigenvalue weighted by molar-refractivity contribution is 0.0984. The molecule has 0 atom stereocenters. The normalized spacial score (nSPS) is 11.0. The largest absolute Gasteiger partial charge is 0.279 e. The van der Waals surface area contributed by atoms with Crippen LogP contribution in [0.15, 0.2) is 65.4 Å². The van der Waals surface area contributed by atoms with Crippen LogP contribution in [0, 0.1) is 13.8 Å². The Morgan fingerprint density at radius 1 is 1.14 bits per heavy atom. The molecule has 0 saturated carbocycles. The average Bonchev–Trinajstić information content (AvgIpc) is 3.09. The summed E-state index contributed by atoms with van der Waals surface area (Å²) in [4.78, 5) is 24.1. The summed E-state index contributed by atoms with van der Waals surface area (Å²) in [5.41, 5.74) is 4.63. The number of nitrogens with zero attached hydrogens (tertiary/aromatic N) is 3. The van der Waals surface area contributed by atoms with Crippen LogP contribution in [-0.4, -0.2) is 15.9 Å². The van der Waals surface area contributed by atoms with Crippen molar-refractivity contribution in [2.45, 2.75) is 20.4 Å². The first kappa shape index (κ1) is 18.8. The van der Waals surface area contributed by atoms with Gasteiger partial charge in [-0.25, -0.2) is 4.98 Å². The number of hydrogen-bond donors (Lipinski definition) is 0. The fraction of sp³-hybridized carbons (Fsp3) is 0.136. The van der Waals surface area contributed by atoms with Gasteiger partial charge in [-0.3, -0.25) is 14.7 Å². The Bertz CT molecular complexity index is 1160. The second-order valence-corrected chi connectivity index (χ2v) is 8.60. The van der Waals surface area contributed by atoms with Crippen LogP contribution in [0.1, 0.15) is 27.0 Å². The van der Waals surface area contributed by atoms with E-state index in [0.29, 0.717) is 17.2 Å². The SMILES string of the molecule is Cc1ccc(C(=O)N(Cc2cccnc2)c2nc3ccc(Br)cc3s2)c(C)c1. The maximum absolute atomic E-state index is 13.5. The van der Waals surface area contributed by atoms with Crippen LogP contribution in [-0.2, 0) is 6.54 Å². The molecular formula is C22H18BrN3OS. The quantitative estimate of drug-likeness (QED) is 0.386. The molecule has 2 aromatic carbocycles. The molecule has 6 heteroatoms. The molecule has 1 amide bonds. The third kappa shape index (κ3) is 3.84. The molecule has 4 nitrogen and oxygen atoms in total. The van der Waals surface area contributed by atoms with Gasteiger partial charge in [0.25, 0.3) is 5.91 Å². The van der Waals surface area contributed by atoms with Crippen LogP contribution in [0.5, 0.6) is 0 Å². The lowest BCUT2D eigenvalue weighted by Crippen LogP contribution is -2.31. The van der Waals surface area contributed by atoms with Crippen LogP contribution in [0.25, 0.3) is 10.2 Å². The number of aryl methyl sites for hydroxylation is 2. The summed E-state index contributed by atoms with van der Waals surface area (Å²) in [5.74, 6) is -0.0560. The summed E-state index contributed by atoms with van der Waals surface area (Å²) in [6.45, 7) is 4.42. The Kier molecular flexibility index (Phi) is 5.24. The number of carbonyl (C=O) groups is 1. The first-order valence-electron chi connectivity index (χ1n) is 8.85. The molecule has 0 aliphatic heterocycles. The summed E-state index contributed by atoms with van der Waals surface area (Å²) in [6, 6.07) is 15.7. The second-order valence-electron chi connectivity index (χ2n) is 6.68. The number of fused-ring (bicyclic) bond motifs is 1. The molecule has 0 N–H and O–H groups in total. The van der Waals surface area contributed by atoms with E-state index in [4.69, 9.17) is 4.98 Å². The van der Waals surface area contributed by atoms with E-state index in [2.05, 4.69) is 20.9 Å². The van der Waals surface area contributed by atoms with E-state index in [9.17, 15) is 4.79 Å². The van der Waals surface area contributed by atoms with Gasteiger partial charge in [-0.05, 0) is 55.3 Å². The molecule has 0 spiro atoms. The van der Waals surface area contributed by atoms with Gasteiger partial charge in [-0.15, -0.1) is 0 Å². The van der Waals surface area contributed by atoms with Gasteiger partial charge in [0.15, 0.2) is 5.13 Å². The average molecular weight is 452 g/mol. The molecule has 0 saturated heterocycles. The molecule has 4 rings (SSSR count). The molecule has 0 aliphatic carbocycles. The molecule has 0 bridgehead atoms. The summed E-state index contributed by atoms with van der Waals surface area (Å²) in [5, 5.41) is 0.682. The van der Waals surface area contributed by atoms with Gasteiger partial charge >= 0.3 is 0 Å². The molecule has 0 fully saturated rings. The molecule has 2 heterocycles. The monoisotopic (exact) mass is 451 g/mol. The molecule has 140 valence electrons. The van der Waals surface area contributed by atoms with Crippen LogP contribution in [0.3, 0.4) is 0 Å². The Morgan fingerprint density at radius 3 is 2.75 bits per heavy atom. The van der Waals surface area contributed by atoms with Gasteiger partial charge in [0, 0.05) is 22.4 Å². The minimum atomic E-state index is -0.0560. The van der Waals surface area contributed by atoms with Gasteiger partial charge in [0.05, 0.1) is 16.8 Å². The molecule has 28 heavy (non-hydrogen) atoms. The number of halogens is 1. The van der Waals surface area contributed by atoms with Crippen LogP contribution < -0.4 is 4.90 Å². The second kappa shape index (κ2) is 7.81. The summed E-state index contributed by atoms with van der Waals surface area (Å²) in [6.07, 6.45) is 3.52. The predicted octanol–water partition coefficient (Wildman–Crippen LogP) is 5.92. The van der Waals surface area contributed by atoms with Crippen LogP contribution >= 0.6 is 27.3 Å². The zero-order valence-corrected chi connectivity index (χ0v) is 17.9. The lowest BCUT2D eigenvalue weighted by Gasteiger charge is -2.21. The van der Waals surface area contributed by atoms with E-state index in [1.165, 1.54) is 11.3 Å². The predicted molar refractivity (Wildman–Crippen MR) is 118 cm³/mol. The van der Waals surface area contributed by atoms with E-state index in [1.54, 1.807) is 17.3 Å². The highest BCUT2D eigenvalue weighted by Crippen LogP contribution is 2.32. The number of aromatic nitrogens is 2. The Morgan fingerprint density at radius 2 is 2.00 bits per heavy atom. The zero-order valence-electron chi connectivity index (χ0n) is 15.5. The third-order valence-corrected chi connectivity index (χ3v) is 6.03. The third-order valence-electron chi connectivity index (χ3n) is 4.49. The zero-order chi connectivity index (χ0) is 19.7. The molecule has 0 aliphatic rings. The van der Waals surface area contributed by atoms with Crippen molar-refractivity contribution in [3.63, 3.8) is 0 Å². The standard InChI is InChI=1S/C22H18BrN3OS/c1-14-5-7-18(15(2)10-14)21(27)26(13-16-4-3-9-24-12-16)22-25-19-8-6-17(23)11-20(19)28-22/h3-12H,13H2,1-2H3. The number of hydrogen-bond acceptors (Lipinski definition) is 4. The highest BCUT2D eigenvalue weighted by molar-refractivity contribution is 9.10. The number of pyridine rings is 1. The van der Waals surface area contributed by atoms with Crippen LogP contribution in [0.4, 0.5) is 5.13 Å². The number of thiazole rings is 1. The van der Waals surface area contributed by atoms with Crippen molar-refractivity contribution in [3.05, 3.63) is 87.7 Å². The fourth-order valence-electron chi connectivity index (χ4n) is 3.10. The minimum absolute atomic E-state index is 0.0560. The van der Waals surface area contributed by atoms with Crippen molar-refractivity contribution >= 4 is 48.5 Å². The van der Waals surface area contributed by atoms with Gasteiger partial charge in [-0.1, -0.05) is 51.0 Å². The summed E-state index contributed by atoms with van der Waals surface area (Å²) in [7, 11) is 0. The number of carbonyl (C=O) groups excluding carboxylic acids is 1. The van der Waals surface area contributed by atoms with E-state index in [-0.39, 0.29) is 5.91 Å². The molecular weight excluding hydrogens is 434 g/mol. The maximum Gasteiger partial charge on any atom is 0.260 e. The Labute approximate surface area is 176 Å². The Hall–Kier alpha value is -2.57. The molecule has 4 aromatic rings. The van der Waals surface area contributed by atoms with Gasteiger partial charge in [0.1, 0.15) is 0 Å². The van der Waals surface area contributed by atoms with Gasteiger partial charge in [-0.2, -0.15) is 0 Å². The van der Waals surface area contributed by atoms with E-state index < -0.39 is 0 Å². The smallest absolute Gasteiger partial charge is 0.260 e. The topological polar surface area (TPSA) is 46.1 Å². The number of anilines is 1. The van der Waals surface area contributed by atoms with E-state index >= 15 is 0 Å². The van der Waals surface area contributed by atoms with Crippen molar-refractivity contribution in [2.24, 2.45) is 0 Å². The molecule has 2 aromatic heterocycles. The van der Waals surface area contributed by atoms with Crippen molar-refractivity contribution in [1.29, 1.82) is 0 Å². The highest BCUT2D eigenvalue weighted by Gasteiger charge is 2.23. The van der Waals surface area contributed by atoms with Gasteiger partial charge in [0.2, 0.25) is 0 Å². The van der Waals surface area contributed by atoms with E-state index in [0.717, 1.165) is 31.4 Å². The number of rotatable bonds is 4. The first-order chi connectivity index (χ1) is 13.5. The first-order valence-corrected chi connectivity index (χ1v) is 10.5. The fourth-order valence-corrected chi connectivity index (χ4v) is 4.62. The molecule has 0 radical (unpaired) electrons. The highest BCUT2D eigenvalue weighted by atomic mass is 79.9. The number of benzene rings is 2. The van der Waals surface area contributed by atoms with Crippen molar-refractivity contribution < 1.29 is 4.79 Å².